The van der Waals surface area contributed by atoms with Crippen molar-refractivity contribution in [3.63, 3.8) is 0 Å². The maximum absolute atomic E-state index is 5.77. The first-order valence-electron chi connectivity index (χ1n) is 6.36. The molecule has 1 aliphatic carbocycles. The van der Waals surface area contributed by atoms with Crippen LogP contribution in [0.4, 0.5) is 0 Å². The Kier molecular flexibility index (Phi) is 5.26. The van der Waals surface area contributed by atoms with Crippen molar-refractivity contribution in [2.45, 2.75) is 32.3 Å². The third-order valence-electron chi connectivity index (χ3n) is 3.21. The molecule has 0 saturated heterocycles. The molecule has 0 heterocycles. The summed E-state index contributed by atoms with van der Waals surface area (Å²) in [6.07, 6.45) is 4.92. The molecule has 0 atom stereocenters. The van der Waals surface area contributed by atoms with E-state index in [4.69, 9.17) is 9.47 Å². The number of hydrogen-bond donors (Lipinski definition) is 0. The van der Waals surface area contributed by atoms with E-state index in [1.54, 1.807) is 7.11 Å². The molecule has 18 heavy (non-hydrogen) atoms. The molecule has 0 aliphatic heterocycles. The SMILES string of the molecule is COc1ccc(COCC2=C(Br)CCCC2)cc1. The summed E-state index contributed by atoms with van der Waals surface area (Å²) in [6.45, 7) is 1.40. The Hall–Kier alpha value is -0.800. The molecule has 1 aromatic carbocycles. The van der Waals surface area contributed by atoms with Gasteiger partial charge in [-0.25, -0.2) is 0 Å². The normalized spacial score (nSPS) is 15.9. The largest absolute Gasteiger partial charge is 0.497 e. The molecule has 0 radical (unpaired) electrons. The molecule has 0 N–H and O–H groups in total. The summed E-state index contributed by atoms with van der Waals surface area (Å²) in [5.74, 6) is 0.886. The van der Waals surface area contributed by atoms with Gasteiger partial charge in [0.25, 0.3) is 0 Å². The van der Waals surface area contributed by atoms with Gasteiger partial charge in [-0.2, -0.15) is 0 Å². The van der Waals surface area contributed by atoms with E-state index in [1.807, 2.05) is 24.3 Å². The number of allylic oxidation sites excluding steroid dienone is 1. The molecule has 2 nitrogen and oxygen atoms in total. The second-order valence-electron chi connectivity index (χ2n) is 4.56. The molecule has 3 heteroatoms. The van der Waals surface area contributed by atoms with Crippen molar-refractivity contribution in [3.8, 4) is 5.75 Å². The second kappa shape index (κ2) is 6.95. The predicted molar refractivity (Wildman–Crippen MR) is 77.1 cm³/mol. The predicted octanol–water partition coefficient (Wildman–Crippen LogP) is 4.43. The van der Waals surface area contributed by atoms with E-state index in [2.05, 4.69) is 15.9 Å². The molecule has 98 valence electrons. The van der Waals surface area contributed by atoms with Crippen LogP contribution in [0.1, 0.15) is 31.2 Å². The third kappa shape index (κ3) is 3.85. The minimum atomic E-state index is 0.660. The van der Waals surface area contributed by atoms with Gasteiger partial charge in [0.15, 0.2) is 0 Å². The van der Waals surface area contributed by atoms with E-state index in [9.17, 15) is 0 Å². The van der Waals surface area contributed by atoms with Crippen molar-refractivity contribution < 1.29 is 9.47 Å². The average Bonchev–Trinajstić information content (AvgIpc) is 2.42. The zero-order chi connectivity index (χ0) is 12.8. The molecule has 0 bridgehead atoms. The Labute approximate surface area is 117 Å². The highest BCUT2D eigenvalue weighted by molar-refractivity contribution is 9.11. The monoisotopic (exact) mass is 310 g/mol. The maximum atomic E-state index is 5.77. The van der Waals surface area contributed by atoms with Crippen molar-refractivity contribution in [2.24, 2.45) is 0 Å². The standard InChI is InChI=1S/C15H19BrO2/c1-17-14-8-6-12(7-9-14)10-18-11-13-4-2-3-5-15(13)16/h6-9H,2-5,10-11H2,1H3. The Morgan fingerprint density at radius 3 is 2.44 bits per heavy atom. The van der Waals surface area contributed by atoms with Gasteiger partial charge in [-0.15, -0.1) is 0 Å². The van der Waals surface area contributed by atoms with Crippen LogP contribution in [0.2, 0.25) is 0 Å². The van der Waals surface area contributed by atoms with Crippen molar-refractivity contribution >= 4 is 15.9 Å². The van der Waals surface area contributed by atoms with E-state index < -0.39 is 0 Å². The lowest BCUT2D eigenvalue weighted by molar-refractivity contribution is 0.139. The van der Waals surface area contributed by atoms with E-state index in [0.29, 0.717) is 6.61 Å². The molecule has 1 aliphatic rings. The molecule has 0 spiro atoms. The number of halogens is 1. The number of hydrogen-bond acceptors (Lipinski definition) is 2. The van der Waals surface area contributed by atoms with Crippen molar-refractivity contribution in [2.75, 3.05) is 13.7 Å². The second-order valence-corrected chi connectivity index (χ2v) is 5.51. The van der Waals surface area contributed by atoms with Crippen molar-refractivity contribution in [3.05, 3.63) is 39.9 Å². The fraction of sp³-hybridized carbons (Fsp3) is 0.467. The molecule has 0 saturated carbocycles. The van der Waals surface area contributed by atoms with Crippen LogP contribution in [0.25, 0.3) is 0 Å². The van der Waals surface area contributed by atoms with Crippen LogP contribution >= 0.6 is 15.9 Å². The number of benzene rings is 1. The van der Waals surface area contributed by atoms with E-state index in [1.165, 1.54) is 41.3 Å². The zero-order valence-electron chi connectivity index (χ0n) is 10.7. The minimum absolute atomic E-state index is 0.660. The fourth-order valence-electron chi connectivity index (χ4n) is 2.10. The number of ether oxygens (including phenoxy) is 2. The number of methoxy groups -OCH3 is 1. The number of rotatable bonds is 5. The highest BCUT2D eigenvalue weighted by atomic mass is 79.9. The van der Waals surface area contributed by atoms with Crippen LogP contribution in [0.5, 0.6) is 5.75 Å². The quantitative estimate of drug-likeness (QED) is 0.800. The minimum Gasteiger partial charge on any atom is -0.497 e. The van der Waals surface area contributed by atoms with Gasteiger partial charge in [0.05, 0.1) is 20.3 Å². The molecular formula is C15H19BrO2. The van der Waals surface area contributed by atoms with Gasteiger partial charge >= 0.3 is 0 Å². The Bertz CT molecular complexity index is 409. The van der Waals surface area contributed by atoms with Crippen LogP contribution in [0, 0.1) is 0 Å². The summed E-state index contributed by atoms with van der Waals surface area (Å²) in [4.78, 5) is 0. The summed E-state index contributed by atoms with van der Waals surface area (Å²) in [7, 11) is 1.68. The van der Waals surface area contributed by atoms with Gasteiger partial charge in [-0.1, -0.05) is 28.1 Å². The Balaban J connectivity index is 1.80. The van der Waals surface area contributed by atoms with Crippen LogP contribution in [-0.4, -0.2) is 13.7 Å². The van der Waals surface area contributed by atoms with E-state index in [0.717, 1.165) is 12.4 Å². The first-order chi connectivity index (χ1) is 8.79. The summed E-state index contributed by atoms with van der Waals surface area (Å²) in [5.41, 5.74) is 2.61. The van der Waals surface area contributed by atoms with E-state index in [-0.39, 0.29) is 0 Å². The molecule has 0 aromatic heterocycles. The van der Waals surface area contributed by atoms with Gasteiger partial charge in [-0.05, 0) is 53.4 Å². The topological polar surface area (TPSA) is 18.5 Å². The summed E-state index contributed by atoms with van der Waals surface area (Å²) in [6, 6.07) is 8.02. The average molecular weight is 311 g/mol. The summed E-state index contributed by atoms with van der Waals surface area (Å²) < 4.78 is 12.3. The van der Waals surface area contributed by atoms with Gasteiger partial charge in [0.1, 0.15) is 5.75 Å². The van der Waals surface area contributed by atoms with Crippen molar-refractivity contribution in [1.29, 1.82) is 0 Å². The van der Waals surface area contributed by atoms with Crippen LogP contribution < -0.4 is 4.74 Å². The first kappa shape index (κ1) is 13.6. The highest BCUT2D eigenvalue weighted by Crippen LogP contribution is 2.29. The fourth-order valence-corrected chi connectivity index (χ4v) is 2.69. The lowest BCUT2D eigenvalue weighted by Gasteiger charge is -2.16. The molecule has 2 rings (SSSR count). The smallest absolute Gasteiger partial charge is 0.118 e. The van der Waals surface area contributed by atoms with Gasteiger partial charge in [0, 0.05) is 0 Å². The van der Waals surface area contributed by atoms with Crippen LogP contribution in [0.15, 0.2) is 34.3 Å². The van der Waals surface area contributed by atoms with Gasteiger partial charge in [0.2, 0.25) is 0 Å². The highest BCUT2D eigenvalue weighted by Gasteiger charge is 2.10. The lowest BCUT2D eigenvalue weighted by Crippen LogP contribution is -2.04. The van der Waals surface area contributed by atoms with E-state index >= 15 is 0 Å². The molecule has 1 aromatic rings. The van der Waals surface area contributed by atoms with Crippen molar-refractivity contribution in [1.82, 2.24) is 0 Å². The Morgan fingerprint density at radius 2 is 1.78 bits per heavy atom. The summed E-state index contributed by atoms with van der Waals surface area (Å²) in [5, 5.41) is 0. The third-order valence-corrected chi connectivity index (χ3v) is 4.17. The summed E-state index contributed by atoms with van der Waals surface area (Å²) >= 11 is 3.64. The molecule has 0 fully saturated rings. The lowest BCUT2D eigenvalue weighted by atomic mass is 10.0. The van der Waals surface area contributed by atoms with Gasteiger partial charge < -0.3 is 9.47 Å². The zero-order valence-corrected chi connectivity index (χ0v) is 12.3. The van der Waals surface area contributed by atoms with Crippen LogP contribution in [-0.2, 0) is 11.3 Å². The Morgan fingerprint density at radius 1 is 1.06 bits per heavy atom. The molecular weight excluding hydrogens is 292 g/mol. The molecule has 0 amide bonds. The maximum Gasteiger partial charge on any atom is 0.118 e. The van der Waals surface area contributed by atoms with Gasteiger partial charge in [-0.3, -0.25) is 0 Å². The molecule has 0 unspecified atom stereocenters. The first-order valence-corrected chi connectivity index (χ1v) is 7.16. The van der Waals surface area contributed by atoms with Crippen LogP contribution in [0.3, 0.4) is 0 Å².